The SMILES string of the molecule is Cc1cc(CO)cc(S(=O)(=O)NC(C)c2nn[nH]n2)c1C. The number of aromatic nitrogens is 4. The van der Waals surface area contributed by atoms with E-state index < -0.39 is 16.1 Å². The Morgan fingerprint density at radius 1 is 1.38 bits per heavy atom. The fourth-order valence-electron chi connectivity index (χ4n) is 1.97. The van der Waals surface area contributed by atoms with Crippen LogP contribution in [-0.2, 0) is 16.6 Å². The summed E-state index contributed by atoms with van der Waals surface area (Å²) in [5, 5.41) is 22.4. The third-order valence-electron chi connectivity index (χ3n) is 3.23. The van der Waals surface area contributed by atoms with Gasteiger partial charge in [-0.25, -0.2) is 13.1 Å². The number of hydrogen-bond donors (Lipinski definition) is 3. The molecular formula is C12H17N5O3S. The van der Waals surface area contributed by atoms with E-state index in [1.54, 1.807) is 26.8 Å². The van der Waals surface area contributed by atoms with E-state index in [1.165, 1.54) is 6.07 Å². The Kier molecular flexibility index (Phi) is 4.35. The Morgan fingerprint density at radius 3 is 2.67 bits per heavy atom. The molecule has 1 atom stereocenters. The van der Waals surface area contributed by atoms with E-state index in [1.807, 2.05) is 0 Å². The lowest BCUT2D eigenvalue weighted by Crippen LogP contribution is -2.28. The Balaban J connectivity index is 2.38. The van der Waals surface area contributed by atoms with Crippen molar-refractivity contribution in [3.8, 4) is 0 Å². The number of aromatic amines is 1. The highest BCUT2D eigenvalue weighted by atomic mass is 32.2. The Labute approximate surface area is 122 Å². The zero-order chi connectivity index (χ0) is 15.6. The number of benzene rings is 1. The minimum atomic E-state index is -3.75. The van der Waals surface area contributed by atoms with Crippen LogP contribution in [0.1, 0.15) is 35.5 Å². The van der Waals surface area contributed by atoms with Crippen molar-refractivity contribution in [1.29, 1.82) is 0 Å². The average molecular weight is 311 g/mol. The summed E-state index contributed by atoms with van der Waals surface area (Å²) in [5.74, 6) is 0.256. The Hall–Kier alpha value is -1.84. The van der Waals surface area contributed by atoms with Gasteiger partial charge in [-0.1, -0.05) is 11.3 Å². The molecule has 2 aromatic rings. The molecule has 8 nitrogen and oxygen atoms in total. The third-order valence-corrected chi connectivity index (χ3v) is 4.90. The summed E-state index contributed by atoms with van der Waals surface area (Å²) in [6, 6.07) is 2.61. The maximum Gasteiger partial charge on any atom is 0.241 e. The molecule has 0 fully saturated rings. The molecule has 3 N–H and O–H groups in total. The molecule has 2 rings (SSSR count). The molecule has 0 spiro atoms. The summed E-state index contributed by atoms with van der Waals surface area (Å²) in [7, 11) is -3.75. The van der Waals surface area contributed by atoms with Crippen LogP contribution in [0.3, 0.4) is 0 Å². The molecule has 0 saturated heterocycles. The predicted octanol–water partition coefficient (Wildman–Crippen LogP) is 0.348. The van der Waals surface area contributed by atoms with Crippen molar-refractivity contribution in [1.82, 2.24) is 25.3 Å². The van der Waals surface area contributed by atoms with Gasteiger partial charge >= 0.3 is 0 Å². The van der Waals surface area contributed by atoms with Crippen LogP contribution in [-0.4, -0.2) is 34.1 Å². The second-order valence-electron chi connectivity index (χ2n) is 4.81. The number of aliphatic hydroxyl groups excluding tert-OH is 1. The second kappa shape index (κ2) is 5.88. The first-order valence-corrected chi connectivity index (χ1v) is 7.80. The van der Waals surface area contributed by atoms with Gasteiger partial charge in [0.25, 0.3) is 0 Å². The van der Waals surface area contributed by atoms with Gasteiger partial charge in [-0.2, -0.15) is 5.21 Å². The van der Waals surface area contributed by atoms with Gasteiger partial charge in [0, 0.05) is 0 Å². The number of sulfonamides is 1. The van der Waals surface area contributed by atoms with Gasteiger partial charge in [0.15, 0.2) is 5.82 Å². The highest BCUT2D eigenvalue weighted by Crippen LogP contribution is 2.22. The molecule has 1 aromatic heterocycles. The third kappa shape index (κ3) is 3.26. The first-order valence-electron chi connectivity index (χ1n) is 6.32. The van der Waals surface area contributed by atoms with Gasteiger partial charge < -0.3 is 5.11 Å². The number of nitrogens with one attached hydrogen (secondary N) is 2. The van der Waals surface area contributed by atoms with Gasteiger partial charge in [-0.05, 0) is 43.5 Å². The summed E-state index contributed by atoms with van der Waals surface area (Å²) >= 11 is 0. The average Bonchev–Trinajstić information content (AvgIpc) is 2.95. The van der Waals surface area contributed by atoms with Crippen molar-refractivity contribution >= 4 is 10.0 Å². The monoisotopic (exact) mass is 311 g/mol. The molecule has 0 bridgehead atoms. The van der Waals surface area contributed by atoms with Crippen LogP contribution in [0, 0.1) is 13.8 Å². The molecular weight excluding hydrogens is 294 g/mol. The van der Waals surface area contributed by atoms with Gasteiger partial charge in [-0.3, -0.25) is 0 Å². The lowest BCUT2D eigenvalue weighted by atomic mass is 10.1. The van der Waals surface area contributed by atoms with Crippen LogP contribution in [0.4, 0.5) is 0 Å². The summed E-state index contributed by atoms with van der Waals surface area (Å²) in [6.07, 6.45) is 0. The molecule has 1 unspecified atom stereocenters. The number of aliphatic hydroxyl groups is 1. The summed E-state index contributed by atoms with van der Waals surface area (Å²) in [4.78, 5) is 0.141. The zero-order valence-electron chi connectivity index (χ0n) is 12.0. The predicted molar refractivity (Wildman–Crippen MR) is 74.8 cm³/mol. The minimum Gasteiger partial charge on any atom is -0.392 e. The highest BCUT2D eigenvalue weighted by Gasteiger charge is 2.23. The van der Waals surface area contributed by atoms with Gasteiger partial charge in [0.2, 0.25) is 10.0 Å². The maximum atomic E-state index is 12.5. The van der Waals surface area contributed by atoms with Crippen molar-refractivity contribution in [2.24, 2.45) is 0 Å². The van der Waals surface area contributed by atoms with E-state index in [2.05, 4.69) is 25.3 Å². The lowest BCUT2D eigenvalue weighted by Gasteiger charge is -2.15. The topological polar surface area (TPSA) is 121 Å². The van der Waals surface area contributed by atoms with Crippen molar-refractivity contribution < 1.29 is 13.5 Å². The van der Waals surface area contributed by atoms with E-state index >= 15 is 0 Å². The van der Waals surface area contributed by atoms with Crippen molar-refractivity contribution in [3.63, 3.8) is 0 Å². The van der Waals surface area contributed by atoms with Crippen molar-refractivity contribution in [2.75, 3.05) is 0 Å². The summed E-state index contributed by atoms with van der Waals surface area (Å²) in [5.41, 5.74) is 1.99. The largest absolute Gasteiger partial charge is 0.392 e. The molecule has 0 aliphatic heterocycles. The van der Waals surface area contributed by atoms with E-state index in [0.717, 1.165) is 5.56 Å². The van der Waals surface area contributed by atoms with E-state index in [0.29, 0.717) is 11.1 Å². The zero-order valence-corrected chi connectivity index (χ0v) is 12.8. The normalized spacial score (nSPS) is 13.3. The van der Waals surface area contributed by atoms with Crippen LogP contribution in [0.5, 0.6) is 0 Å². The fourth-order valence-corrected chi connectivity index (χ4v) is 3.54. The van der Waals surface area contributed by atoms with Crippen LogP contribution in [0.15, 0.2) is 17.0 Å². The van der Waals surface area contributed by atoms with Gasteiger partial charge in [-0.15, -0.1) is 10.2 Å². The first-order chi connectivity index (χ1) is 9.85. The number of tetrazole rings is 1. The van der Waals surface area contributed by atoms with E-state index in [-0.39, 0.29) is 17.3 Å². The molecule has 0 aliphatic carbocycles. The molecule has 0 amide bonds. The highest BCUT2D eigenvalue weighted by molar-refractivity contribution is 7.89. The number of aryl methyl sites for hydroxylation is 1. The number of rotatable bonds is 5. The van der Waals surface area contributed by atoms with Crippen molar-refractivity contribution in [3.05, 3.63) is 34.6 Å². The molecule has 0 aliphatic rings. The molecule has 1 aromatic carbocycles. The standard InChI is InChI=1S/C12H17N5O3S/c1-7-4-10(6-18)5-11(8(7)2)21(19,20)15-9(3)12-13-16-17-14-12/h4-5,9,15,18H,6H2,1-3H3,(H,13,14,16,17). The van der Waals surface area contributed by atoms with Crippen LogP contribution < -0.4 is 4.72 Å². The van der Waals surface area contributed by atoms with Gasteiger partial charge in [0.1, 0.15) is 0 Å². The number of H-pyrrole nitrogens is 1. The Bertz CT molecular complexity index is 728. The molecule has 9 heteroatoms. The smallest absolute Gasteiger partial charge is 0.241 e. The fraction of sp³-hybridized carbons (Fsp3) is 0.417. The van der Waals surface area contributed by atoms with Crippen LogP contribution >= 0.6 is 0 Å². The quantitative estimate of drug-likeness (QED) is 0.732. The van der Waals surface area contributed by atoms with Crippen LogP contribution in [0.25, 0.3) is 0 Å². The molecule has 0 saturated carbocycles. The molecule has 0 radical (unpaired) electrons. The first kappa shape index (κ1) is 15.5. The maximum absolute atomic E-state index is 12.5. The van der Waals surface area contributed by atoms with Crippen LogP contribution in [0.2, 0.25) is 0 Å². The summed E-state index contributed by atoms with van der Waals surface area (Å²) < 4.78 is 27.5. The van der Waals surface area contributed by atoms with Gasteiger partial charge in [0.05, 0.1) is 17.5 Å². The van der Waals surface area contributed by atoms with Crippen molar-refractivity contribution in [2.45, 2.75) is 38.3 Å². The number of hydrogen-bond acceptors (Lipinski definition) is 6. The Morgan fingerprint density at radius 2 is 2.10 bits per heavy atom. The molecule has 1 heterocycles. The lowest BCUT2D eigenvalue weighted by molar-refractivity contribution is 0.281. The number of nitrogens with zero attached hydrogens (tertiary/aromatic N) is 3. The van der Waals surface area contributed by atoms with E-state index in [9.17, 15) is 13.5 Å². The van der Waals surface area contributed by atoms with E-state index in [4.69, 9.17) is 0 Å². The molecule has 114 valence electrons. The minimum absolute atomic E-state index is 0.141. The summed E-state index contributed by atoms with van der Waals surface area (Å²) in [6.45, 7) is 4.94. The second-order valence-corrected chi connectivity index (χ2v) is 6.49. The molecule has 21 heavy (non-hydrogen) atoms.